The van der Waals surface area contributed by atoms with Crippen LogP contribution in [-0.2, 0) is 15.1 Å². The first kappa shape index (κ1) is 12.7. The van der Waals surface area contributed by atoms with Crippen molar-refractivity contribution in [3.63, 3.8) is 0 Å². The number of carbonyl (C=O) groups is 1. The molecule has 0 aliphatic heterocycles. The first-order valence-corrected chi connectivity index (χ1v) is 5.31. The third-order valence-electron chi connectivity index (χ3n) is 2.20. The summed E-state index contributed by atoms with van der Waals surface area (Å²) in [7, 11) is 0. The molecule has 0 bridgehead atoms. The lowest BCUT2D eigenvalue weighted by molar-refractivity contribution is -0.161. The summed E-state index contributed by atoms with van der Waals surface area (Å²) < 4.78 is 5.29. The molecule has 0 aromatic heterocycles. The van der Waals surface area contributed by atoms with Crippen LogP contribution in [0.15, 0.2) is 30.3 Å². The van der Waals surface area contributed by atoms with E-state index in [0.717, 1.165) is 5.56 Å². The summed E-state index contributed by atoms with van der Waals surface area (Å²) in [5.41, 5.74) is 5.14. The molecule has 0 radical (unpaired) electrons. The van der Waals surface area contributed by atoms with Crippen LogP contribution in [0.5, 0.6) is 0 Å². The van der Waals surface area contributed by atoms with E-state index in [1.54, 1.807) is 6.92 Å². The number of ether oxygens (including phenoxy) is 1. The molecular formula is C13H19NO2. The number of rotatable bonds is 2. The normalized spacial score (nSPS) is 15.3. The zero-order chi connectivity index (χ0) is 12.4. The quantitative estimate of drug-likeness (QED) is 0.779. The highest BCUT2D eigenvalue weighted by atomic mass is 16.6. The van der Waals surface area contributed by atoms with Gasteiger partial charge in [0.15, 0.2) is 0 Å². The Bertz CT molecular complexity index is 363. The van der Waals surface area contributed by atoms with Gasteiger partial charge in [-0.15, -0.1) is 0 Å². The van der Waals surface area contributed by atoms with Crippen molar-refractivity contribution in [3.8, 4) is 0 Å². The summed E-state index contributed by atoms with van der Waals surface area (Å²) >= 11 is 0. The Morgan fingerprint density at radius 2 is 1.62 bits per heavy atom. The summed E-state index contributed by atoms with van der Waals surface area (Å²) in [6.07, 6.45) is 0. The molecule has 3 heteroatoms. The van der Waals surface area contributed by atoms with Crippen LogP contribution >= 0.6 is 0 Å². The number of carbonyl (C=O) groups excluding carboxylic acids is 1. The van der Waals surface area contributed by atoms with Gasteiger partial charge in [-0.2, -0.15) is 0 Å². The van der Waals surface area contributed by atoms with Gasteiger partial charge in [-0.05, 0) is 33.3 Å². The van der Waals surface area contributed by atoms with Crippen LogP contribution in [0.2, 0.25) is 0 Å². The summed E-state index contributed by atoms with van der Waals surface area (Å²) in [5.74, 6) is -0.411. The lowest BCUT2D eigenvalue weighted by Gasteiger charge is -2.28. The van der Waals surface area contributed by atoms with Crippen molar-refractivity contribution in [1.29, 1.82) is 0 Å². The van der Waals surface area contributed by atoms with Crippen LogP contribution in [0.1, 0.15) is 33.3 Å². The molecule has 0 saturated carbocycles. The molecule has 0 spiro atoms. The third kappa shape index (κ3) is 3.07. The van der Waals surface area contributed by atoms with Gasteiger partial charge in [-0.3, -0.25) is 0 Å². The molecule has 2 N–H and O–H groups in total. The maximum absolute atomic E-state index is 11.9. The molecule has 3 nitrogen and oxygen atoms in total. The lowest BCUT2D eigenvalue weighted by Crippen LogP contribution is -2.45. The molecule has 0 aliphatic carbocycles. The second kappa shape index (κ2) is 4.26. The molecule has 0 fully saturated rings. The molecule has 1 atom stereocenters. The zero-order valence-electron chi connectivity index (χ0n) is 10.3. The minimum atomic E-state index is -1.10. The molecule has 0 aliphatic rings. The van der Waals surface area contributed by atoms with Crippen molar-refractivity contribution in [2.24, 2.45) is 5.73 Å². The van der Waals surface area contributed by atoms with E-state index in [-0.39, 0.29) is 0 Å². The van der Waals surface area contributed by atoms with Gasteiger partial charge >= 0.3 is 5.97 Å². The largest absolute Gasteiger partial charge is 0.458 e. The van der Waals surface area contributed by atoms with Gasteiger partial charge in [0.2, 0.25) is 0 Å². The number of esters is 1. The summed E-state index contributed by atoms with van der Waals surface area (Å²) in [5, 5.41) is 0. The standard InChI is InChI=1S/C13H19NO2/c1-12(2,3)16-11(15)13(4,14)10-8-6-5-7-9-10/h5-9H,14H2,1-4H3/t13-/m0/s1. The zero-order valence-corrected chi connectivity index (χ0v) is 10.3. The molecule has 16 heavy (non-hydrogen) atoms. The maximum atomic E-state index is 11.9. The first-order valence-electron chi connectivity index (χ1n) is 5.31. The number of nitrogens with two attached hydrogens (primary N) is 1. The molecule has 88 valence electrons. The fraction of sp³-hybridized carbons (Fsp3) is 0.462. The molecule has 0 amide bonds. The van der Waals surface area contributed by atoms with E-state index in [4.69, 9.17) is 10.5 Å². The Labute approximate surface area is 96.6 Å². The fourth-order valence-corrected chi connectivity index (χ4v) is 1.29. The average molecular weight is 221 g/mol. The van der Waals surface area contributed by atoms with Crippen LogP contribution in [0, 0.1) is 0 Å². The van der Waals surface area contributed by atoms with Crippen molar-refractivity contribution < 1.29 is 9.53 Å². The SMILES string of the molecule is CC(C)(C)OC(=O)[C@@](C)(N)c1ccccc1. The van der Waals surface area contributed by atoms with E-state index >= 15 is 0 Å². The van der Waals surface area contributed by atoms with Crippen molar-refractivity contribution in [1.82, 2.24) is 0 Å². The Hall–Kier alpha value is -1.35. The smallest absolute Gasteiger partial charge is 0.331 e. The second-order valence-electron chi connectivity index (χ2n) is 5.07. The van der Waals surface area contributed by atoms with Crippen LogP contribution in [0.25, 0.3) is 0 Å². The average Bonchev–Trinajstić information content (AvgIpc) is 2.16. The molecule has 0 heterocycles. The van der Waals surface area contributed by atoms with Crippen LogP contribution in [-0.4, -0.2) is 11.6 Å². The highest BCUT2D eigenvalue weighted by molar-refractivity contribution is 5.82. The molecule has 1 aromatic carbocycles. The number of hydrogen-bond donors (Lipinski definition) is 1. The molecule has 1 rings (SSSR count). The Morgan fingerprint density at radius 3 is 2.06 bits per heavy atom. The van der Waals surface area contributed by atoms with E-state index < -0.39 is 17.1 Å². The van der Waals surface area contributed by atoms with Gasteiger partial charge in [0, 0.05) is 0 Å². The van der Waals surface area contributed by atoms with Gasteiger partial charge in [-0.1, -0.05) is 30.3 Å². The Morgan fingerprint density at radius 1 is 1.12 bits per heavy atom. The summed E-state index contributed by atoms with van der Waals surface area (Å²) in [4.78, 5) is 11.9. The van der Waals surface area contributed by atoms with Crippen LogP contribution < -0.4 is 5.73 Å². The molecule has 0 unspecified atom stereocenters. The predicted molar refractivity (Wildman–Crippen MR) is 63.8 cm³/mol. The van der Waals surface area contributed by atoms with Gasteiger partial charge in [0.1, 0.15) is 11.1 Å². The van der Waals surface area contributed by atoms with E-state index in [1.165, 1.54) is 0 Å². The summed E-state index contributed by atoms with van der Waals surface area (Å²) in [6.45, 7) is 7.14. The molecule has 1 aromatic rings. The topological polar surface area (TPSA) is 52.3 Å². The van der Waals surface area contributed by atoms with Crippen molar-refractivity contribution in [2.45, 2.75) is 38.8 Å². The minimum absolute atomic E-state index is 0.411. The lowest BCUT2D eigenvalue weighted by atomic mass is 9.93. The van der Waals surface area contributed by atoms with E-state index in [1.807, 2.05) is 51.1 Å². The number of benzene rings is 1. The molecule has 0 saturated heterocycles. The van der Waals surface area contributed by atoms with Gasteiger partial charge in [-0.25, -0.2) is 4.79 Å². The summed E-state index contributed by atoms with van der Waals surface area (Å²) in [6, 6.07) is 9.23. The second-order valence-corrected chi connectivity index (χ2v) is 5.07. The molecular weight excluding hydrogens is 202 g/mol. The fourth-order valence-electron chi connectivity index (χ4n) is 1.29. The van der Waals surface area contributed by atoms with Gasteiger partial charge in [0.05, 0.1) is 0 Å². The minimum Gasteiger partial charge on any atom is -0.458 e. The van der Waals surface area contributed by atoms with E-state index in [0.29, 0.717) is 0 Å². The highest BCUT2D eigenvalue weighted by Gasteiger charge is 2.34. The Balaban J connectivity index is 2.90. The van der Waals surface area contributed by atoms with Crippen LogP contribution in [0.4, 0.5) is 0 Å². The first-order chi connectivity index (χ1) is 7.23. The predicted octanol–water partition coefficient (Wildman–Crippen LogP) is 2.20. The highest BCUT2D eigenvalue weighted by Crippen LogP contribution is 2.21. The monoisotopic (exact) mass is 221 g/mol. The van der Waals surface area contributed by atoms with Gasteiger partial charge in [0.25, 0.3) is 0 Å². The van der Waals surface area contributed by atoms with Crippen molar-refractivity contribution >= 4 is 5.97 Å². The third-order valence-corrected chi connectivity index (χ3v) is 2.20. The van der Waals surface area contributed by atoms with Crippen molar-refractivity contribution in [3.05, 3.63) is 35.9 Å². The number of hydrogen-bond acceptors (Lipinski definition) is 3. The van der Waals surface area contributed by atoms with Crippen LogP contribution in [0.3, 0.4) is 0 Å². The van der Waals surface area contributed by atoms with Gasteiger partial charge < -0.3 is 10.5 Å². The maximum Gasteiger partial charge on any atom is 0.331 e. The Kier molecular flexibility index (Phi) is 3.38. The van der Waals surface area contributed by atoms with Crippen molar-refractivity contribution in [2.75, 3.05) is 0 Å². The van der Waals surface area contributed by atoms with E-state index in [9.17, 15) is 4.79 Å². The van der Waals surface area contributed by atoms with E-state index in [2.05, 4.69) is 0 Å².